The first-order valence-electron chi connectivity index (χ1n) is 6.91. The van der Waals surface area contributed by atoms with Crippen LogP contribution in [0.1, 0.15) is 18.1 Å². The zero-order valence-electron chi connectivity index (χ0n) is 11.9. The summed E-state index contributed by atoms with van der Waals surface area (Å²) in [6, 6.07) is 8.28. The van der Waals surface area contributed by atoms with Crippen LogP contribution in [-0.2, 0) is 13.0 Å². The zero-order valence-corrected chi connectivity index (χ0v) is 15.1. The van der Waals surface area contributed by atoms with E-state index in [1.165, 1.54) is 11.1 Å². The molecule has 2 rings (SSSR count). The molecular formula is C16H18Br2N2O. The van der Waals surface area contributed by atoms with Gasteiger partial charge in [0, 0.05) is 18.9 Å². The van der Waals surface area contributed by atoms with Crippen LogP contribution in [0.4, 0.5) is 0 Å². The maximum atomic E-state index is 5.59. The largest absolute Gasteiger partial charge is 0.492 e. The highest BCUT2D eigenvalue weighted by molar-refractivity contribution is 9.11. The summed E-state index contributed by atoms with van der Waals surface area (Å²) < 4.78 is 7.54. The molecule has 1 aromatic heterocycles. The molecule has 0 atom stereocenters. The highest BCUT2D eigenvalue weighted by Gasteiger charge is 2.08. The SMILES string of the molecule is CCOc1c(Br)cc(CNCCc2ccncc2)cc1Br. The van der Waals surface area contributed by atoms with E-state index in [0.29, 0.717) is 6.61 Å². The second kappa shape index (κ2) is 8.51. The molecule has 0 bridgehead atoms. The van der Waals surface area contributed by atoms with E-state index in [0.717, 1.165) is 34.2 Å². The van der Waals surface area contributed by atoms with Crippen molar-refractivity contribution in [2.24, 2.45) is 0 Å². The molecule has 0 aliphatic rings. The number of benzene rings is 1. The van der Waals surface area contributed by atoms with Crippen molar-refractivity contribution in [3.8, 4) is 5.75 Å². The van der Waals surface area contributed by atoms with Crippen molar-refractivity contribution in [2.75, 3.05) is 13.2 Å². The van der Waals surface area contributed by atoms with E-state index in [1.54, 1.807) is 0 Å². The Bertz CT molecular complexity index is 553. The molecular weight excluding hydrogens is 396 g/mol. The second-order valence-electron chi connectivity index (χ2n) is 4.60. The summed E-state index contributed by atoms with van der Waals surface area (Å²) in [4.78, 5) is 4.02. The molecule has 0 unspecified atom stereocenters. The van der Waals surface area contributed by atoms with Crippen molar-refractivity contribution in [1.82, 2.24) is 10.3 Å². The summed E-state index contributed by atoms with van der Waals surface area (Å²) in [5.41, 5.74) is 2.51. The van der Waals surface area contributed by atoms with Crippen LogP contribution in [0.5, 0.6) is 5.75 Å². The fourth-order valence-electron chi connectivity index (χ4n) is 2.01. The summed E-state index contributed by atoms with van der Waals surface area (Å²) in [6.45, 7) is 4.40. The monoisotopic (exact) mass is 412 g/mol. The van der Waals surface area contributed by atoms with Crippen molar-refractivity contribution in [3.05, 3.63) is 56.7 Å². The van der Waals surface area contributed by atoms with E-state index in [-0.39, 0.29) is 0 Å². The quantitative estimate of drug-likeness (QED) is 0.685. The third kappa shape index (κ3) is 5.09. The van der Waals surface area contributed by atoms with Gasteiger partial charge in [-0.2, -0.15) is 0 Å². The van der Waals surface area contributed by atoms with Gasteiger partial charge in [-0.1, -0.05) is 0 Å². The van der Waals surface area contributed by atoms with E-state index in [9.17, 15) is 0 Å². The van der Waals surface area contributed by atoms with E-state index >= 15 is 0 Å². The maximum Gasteiger partial charge on any atom is 0.147 e. The Balaban J connectivity index is 1.86. The molecule has 0 aliphatic heterocycles. The molecule has 0 saturated heterocycles. The van der Waals surface area contributed by atoms with Crippen LogP contribution >= 0.6 is 31.9 Å². The molecule has 1 aromatic carbocycles. The number of nitrogens with zero attached hydrogens (tertiary/aromatic N) is 1. The van der Waals surface area contributed by atoms with Gasteiger partial charge in [0.15, 0.2) is 0 Å². The molecule has 0 radical (unpaired) electrons. The molecule has 3 nitrogen and oxygen atoms in total. The summed E-state index contributed by atoms with van der Waals surface area (Å²) >= 11 is 7.11. The lowest BCUT2D eigenvalue weighted by Gasteiger charge is -2.11. The van der Waals surface area contributed by atoms with E-state index in [2.05, 4.69) is 54.3 Å². The van der Waals surface area contributed by atoms with Gasteiger partial charge in [0.05, 0.1) is 15.6 Å². The number of hydrogen-bond acceptors (Lipinski definition) is 3. The molecule has 112 valence electrons. The van der Waals surface area contributed by atoms with Crippen LogP contribution < -0.4 is 10.1 Å². The second-order valence-corrected chi connectivity index (χ2v) is 6.31. The van der Waals surface area contributed by atoms with Gasteiger partial charge in [-0.25, -0.2) is 0 Å². The first-order chi connectivity index (χ1) is 10.2. The van der Waals surface area contributed by atoms with E-state index in [1.807, 2.05) is 31.5 Å². The minimum absolute atomic E-state index is 0.654. The Morgan fingerprint density at radius 3 is 2.38 bits per heavy atom. The molecule has 5 heteroatoms. The molecule has 0 saturated carbocycles. The van der Waals surface area contributed by atoms with Crippen LogP contribution in [0.3, 0.4) is 0 Å². The average Bonchev–Trinajstić information content (AvgIpc) is 2.48. The zero-order chi connectivity index (χ0) is 15.1. The van der Waals surface area contributed by atoms with E-state index < -0.39 is 0 Å². The van der Waals surface area contributed by atoms with Gasteiger partial charge in [-0.3, -0.25) is 4.98 Å². The molecule has 0 spiro atoms. The Morgan fingerprint density at radius 2 is 1.76 bits per heavy atom. The number of ether oxygens (including phenoxy) is 1. The van der Waals surface area contributed by atoms with Gasteiger partial charge in [-0.05, 0) is 87.1 Å². The molecule has 0 fully saturated rings. The fraction of sp³-hybridized carbons (Fsp3) is 0.312. The van der Waals surface area contributed by atoms with Crippen molar-refractivity contribution >= 4 is 31.9 Å². The molecule has 0 aliphatic carbocycles. The van der Waals surface area contributed by atoms with Crippen molar-refractivity contribution in [2.45, 2.75) is 19.9 Å². The Labute approximate surface area is 142 Å². The number of rotatable bonds is 7. The van der Waals surface area contributed by atoms with Gasteiger partial charge >= 0.3 is 0 Å². The minimum Gasteiger partial charge on any atom is -0.492 e. The first-order valence-corrected chi connectivity index (χ1v) is 8.49. The highest BCUT2D eigenvalue weighted by atomic mass is 79.9. The maximum absolute atomic E-state index is 5.59. The summed E-state index contributed by atoms with van der Waals surface area (Å²) in [6.07, 6.45) is 4.66. The smallest absolute Gasteiger partial charge is 0.147 e. The Hall–Kier alpha value is -0.910. The molecule has 21 heavy (non-hydrogen) atoms. The van der Waals surface area contributed by atoms with Crippen LogP contribution in [0, 0.1) is 0 Å². The van der Waals surface area contributed by atoms with Crippen molar-refractivity contribution < 1.29 is 4.74 Å². The van der Waals surface area contributed by atoms with Crippen LogP contribution in [0.25, 0.3) is 0 Å². The lowest BCUT2D eigenvalue weighted by atomic mass is 10.2. The number of halogens is 2. The third-order valence-electron chi connectivity index (χ3n) is 3.02. The lowest BCUT2D eigenvalue weighted by Crippen LogP contribution is -2.16. The van der Waals surface area contributed by atoms with Gasteiger partial charge in [0.2, 0.25) is 0 Å². The lowest BCUT2D eigenvalue weighted by molar-refractivity contribution is 0.336. The molecule has 1 N–H and O–H groups in total. The summed E-state index contributed by atoms with van der Waals surface area (Å²) in [7, 11) is 0. The standard InChI is InChI=1S/C16H18Br2N2O/c1-2-21-16-14(17)9-13(10-15(16)18)11-20-8-5-12-3-6-19-7-4-12/h3-4,6-7,9-10,20H,2,5,8,11H2,1H3. The number of nitrogens with one attached hydrogen (secondary N) is 1. The van der Waals surface area contributed by atoms with Crippen molar-refractivity contribution in [3.63, 3.8) is 0 Å². The predicted octanol–water partition coefficient (Wildman–Crippen LogP) is 4.34. The number of aromatic nitrogens is 1. The molecule has 1 heterocycles. The number of hydrogen-bond donors (Lipinski definition) is 1. The van der Waals surface area contributed by atoms with Crippen LogP contribution in [-0.4, -0.2) is 18.1 Å². The third-order valence-corrected chi connectivity index (χ3v) is 4.19. The fourth-order valence-corrected chi connectivity index (χ4v) is 3.52. The first kappa shape index (κ1) is 16.5. The topological polar surface area (TPSA) is 34.1 Å². The molecule has 0 amide bonds. The normalized spacial score (nSPS) is 10.6. The van der Waals surface area contributed by atoms with Crippen molar-refractivity contribution in [1.29, 1.82) is 0 Å². The molecule has 2 aromatic rings. The van der Waals surface area contributed by atoms with Gasteiger partial charge in [0.1, 0.15) is 5.75 Å². The van der Waals surface area contributed by atoms with Crippen LogP contribution in [0.2, 0.25) is 0 Å². The van der Waals surface area contributed by atoms with Crippen LogP contribution in [0.15, 0.2) is 45.6 Å². The average molecular weight is 414 g/mol. The Morgan fingerprint density at radius 1 is 1.10 bits per heavy atom. The van der Waals surface area contributed by atoms with E-state index in [4.69, 9.17) is 4.74 Å². The Kier molecular flexibility index (Phi) is 6.67. The van der Waals surface area contributed by atoms with Gasteiger partial charge in [0.25, 0.3) is 0 Å². The van der Waals surface area contributed by atoms with Gasteiger partial charge < -0.3 is 10.1 Å². The number of pyridine rings is 1. The summed E-state index contributed by atoms with van der Waals surface area (Å²) in [5.74, 6) is 0.859. The predicted molar refractivity (Wildman–Crippen MR) is 92.7 cm³/mol. The van der Waals surface area contributed by atoms with Gasteiger partial charge in [-0.15, -0.1) is 0 Å². The highest BCUT2D eigenvalue weighted by Crippen LogP contribution is 2.34. The summed E-state index contributed by atoms with van der Waals surface area (Å²) in [5, 5.41) is 3.45. The minimum atomic E-state index is 0.654.